The smallest absolute Gasteiger partial charge is 0.0187 e. The third-order valence-corrected chi connectivity index (χ3v) is 5.06. The van der Waals surface area contributed by atoms with Crippen molar-refractivity contribution in [3.63, 3.8) is 0 Å². The van der Waals surface area contributed by atoms with Crippen molar-refractivity contribution < 1.29 is 0 Å². The summed E-state index contributed by atoms with van der Waals surface area (Å²) in [4.78, 5) is 0. The molecule has 0 aromatic heterocycles. The second-order valence-corrected chi connectivity index (χ2v) is 8.63. The normalized spacial score (nSPS) is 20.7. The third-order valence-electron chi connectivity index (χ3n) is 3.97. The number of benzene rings is 1. The minimum atomic E-state index is 0.258. The topological polar surface area (TPSA) is 0 Å². The molecule has 1 heteroatoms. The summed E-state index contributed by atoms with van der Waals surface area (Å²) in [6.45, 7) is 14.0. The van der Waals surface area contributed by atoms with Crippen molar-refractivity contribution in [1.82, 2.24) is 0 Å². The first-order chi connectivity index (χ1) is 8.19. The zero-order valence-electron chi connectivity index (χ0n) is 12.6. The van der Waals surface area contributed by atoms with Crippen molar-refractivity contribution in [3.8, 4) is 0 Å². The summed E-state index contributed by atoms with van der Waals surface area (Å²) >= 11 is 2.09. The van der Waals surface area contributed by atoms with Crippen molar-refractivity contribution in [2.45, 2.75) is 58.6 Å². The van der Waals surface area contributed by atoms with Gasteiger partial charge in [-0.1, -0.05) is 59.7 Å². The van der Waals surface area contributed by atoms with Crippen LogP contribution in [0.25, 0.3) is 0 Å². The zero-order chi connectivity index (χ0) is 13.6. The molecule has 0 nitrogen and oxygen atoms in total. The summed E-state index contributed by atoms with van der Waals surface area (Å²) in [5.41, 5.74) is 5.25. The lowest BCUT2D eigenvalue weighted by atomic mass is 9.75. The first kappa shape index (κ1) is 14.0. The fourth-order valence-corrected chi connectivity index (χ4v) is 4.13. The molecule has 1 heterocycles. The predicted octanol–water partition coefficient (Wildman–Crippen LogP) is 5.36. The first-order valence-corrected chi connectivity index (χ1v) is 8.06. The van der Waals surface area contributed by atoms with Gasteiger partial charge in [0.05, 0.1) is 0 Å². The Hall–Kier alpha value is -0.430. The van der Waals surface area contributed by atoms with Crippen molar-refractivity contribution in [2.24, 2.45) is 5.41 Å². The van der Waals surface area contributed by atoms with Crippen LogP contribution in [0.15, 0.2) is 18.2 Å². The second-order valence-electron chi connectivity index (χ2n) is 7.60. The Bertz CT molecular complexity index is 432. The molecule has 2 rings (SSSR count). The SMILES string of the molecule is CC(C)(C)c1ccc2c(c1)CSCC2C(C)(C)C. The minimum Gasteiger partial charge on any atom is -0.157 e. The van der Waals surface area contributed by atoms with E-state index >= 15 is 0 Å². The lowest BCUT2D eigenvalue weighted by Gasteiger charge is -2.36. The Kier molecular flexibility index (Phi) is 3.57. The number of fused-ring (bicyclic) bond motifs is 1. The maximum absolute atomic E-state index is 2.44. The number of rotatable bonds is 0. The molecule has 0 N–H and O–H groups in total. The summed E-state index contributed by atoms with van der Waals surface area (Å²) in [6.07, 6.45) is 0. The highest BCUT2D eigenvalue weighted by atomic mass is 32.2. The highest BCUT2D eigenvalue weighted by Gasteiger charge is 2.31. The molecule has 1 unspecified atom stereocenters. The molecule has 0 aliphatic carbocycles. The van der Waals surface area contributed by atoms with Crippen LogP contribution >= 0.6 is 11.8 Å². The van der Waals surface area contributed by atoms with Crippen molar-refractivity contribution in [3.05, 3.63) is 34.9 Å². The molecular weight excluding hydrogens is 236 g/mol. The van der Waals surface area contributed by atoms with Gasteiger partial charge >= 0.3 is 0 Å². The minimum absolute atomic E-state index is 0.258. The van der Waals surface area contributed by atoms with Crippen molar-refractivity contribution in [1.29, 1.82) is 0 Å². The van der Waals surface area contributed by atoms with Gasteiger partial charge < -0.3 is 0 Å². The largest absolute Gasteiger partial charge is 0.157 e. The van der Waals surface area contributed by atoms with E-state index in [4.69, 9.17) is 0 Å². The van der Waals surface area contributed by atoms with E-state index < -0.39 is 0 Å². The highest BCUT2D eigenvalue weighted by molar-refractivity contribution is 7.98. The summed E-state index contributed by atoms with van der Waals surface area (Å²) in [7, 11) is 0. The van der Waals surface area contributed by atoms with Crippen LogP contribution in [0.1, 0.15) is 64.2 Å². The van der Waals surface area contributed by atoms with Gasteiger partial charge in [0.1, 0.15) is 0 Å². The zero-order valence-corrected chi connectivity index (χ0v) is 13.4. The Balaban J connectivity index is 2.43. The summed E-state index contributed by atoms with van der Waals surface area (Å²) in [5.74, 6) is 3.15. The summed E-state index contributed by atoms with van der Waals surface area (Å²) in [5, 5.41) is 0. The molecule has 1 aliphatic rings. The van der Waals surface area contributed by atoms with Crippen LogP contribution < -0.4 is 0 Å². The molecule has 0 saturated heterocycles. The molecule has 100 valence electrons. The van der Waals surface area contributed by atoms with Gasteiger partial charge in [-0.3, -0.25) is 0 Å². The highest BCUT2D eigenvalue weighted by Crippen LogP contribution is 2.44. The molecule has 0 fully saturated rings. The van der Waals surface area contributed by atoms with E-state index in [1.54, 1.807) is 11.1 Å². The van der Waals surface area contributed by atoms with E-state index in [0.717, 1.165) is 0 Å². The Labute approximate surface area is 117 Å². The van der Waals surface area contributed by atoms with Gasteiger partial charge in [0, 0.05) is 11.5 Å². The fourth-order valence-electron chi connectivity index (χ4n) is 2.63. The molecule has 1 atom stereocenters. The summed E-state index contributed by atoms with van der Waals surface area (Å²) in [6, 6.07) is 7.18. The molecule has 1 aromatic rings. The van der Waals surface area contributed by atoms with Crippen LogP contribution in [-0.2, 0) is 11.2 Å². The van der Waals surface area contributed by atoms with Gasteiger partial charge in [0.25, 0.3) is 0 Å². The molecular formula is C17H26S. The molecule has 0 bridgehead atoms. The van der Waals surface area contributed by atoms with E-state index in [0.29, 0.717) is 11.3 Å². The Morgan fingerprint density at radius 3 is 2.28 bits per heavy atom. The number of hydrogen-bond donors (Lipinski definition) is 0. The van der Waals surface area contributed by atoms with E-state index in [1.165, 1.54) is 17.1 Å². The summed E-state index contributed by atoms with van der Waals surface area (Å²) < 4.78 is 0. The lowest BCUT2D eigenvalue weighted by molar-refractivity contribution is 0.341. The Morgan fingerprint density at radius 1 is 1.06 bits per heavy atom. The molecule has 0 spiro atoms. The van der Waals surface area contributed by atoms with Gasteiger partial charge in [0.2, 0.25) is 0 Å². The van der Waals surface area contributed by atoms with E-state index in [1.807, 2.05) is 0 Å². The molecule has 18 heavy (non-hydrogen) atoms. The average Bonchev–Trinajstić information content (AvgIpc) is 2.25. The maximum Gasteiger partial charge on any atom is 0.0187 e. The van der Waals surface area contributed by atoms with E-state index in [-0.39, 0.29) is 5.41 Å². The molecule has 0 saturated carbocycles. The first-order valence-electron chi connectivity index (χ1n) is 6.90. The van der Waals surface area contributed by atoms with Crippen LogP contribution in [0, 0.1) is 5.41 Å². The van der Waals surface area contributed by atoms with Crippen LogP contribution in [-0.4, -0.2) is 5.75 Å². The monoisotopic (exact) mass is 262 g/mol. The van der Waals surface area contributed by atoms with Gasteiger partial charge in [-0.15, -0.1) is 0 Å². The fraction of sp³-hybridized carbons (Fsp3) is 0.647. The van der Waals surface area contributed by atoms with Crippen LogP contribution in [0.3, 0.4) is 0 Å². The standard InChI is InChI=1S/C17H26S/c1-16(2,3)13-7-8-14-12(9-13)10-18-11-15(14)17(4,5)6/h7-9,15H,10-11H2,1-6H3. The van der Waals surface area contributed by atoms with E-state index in [9.17, 15) is 0 Å². The van der Waals surface area contributed by atoms with Gasteiger partial charge in [-0.25, -0.2) is 0 Å². The molecule has 0 radical (unpaired) electrons. The maximum atomic E-state index is 2.44. The Morgan fingerprint density at radius 2 is 1.72 bits per heavy atom. The van der Waals surface area contributed by atoms with Crippen molar-refractivity contribution in [2.75, 3.05) is 5.75 Å². The molecule has 0 amide bonds. The average molecular weight is 262 g/mol. The van der Waals surface area contributed by atoms with Gasteiger partial charge in [0.15, 0.2) is 0 Å². The van der Waals surface area contributed by atoms with Crippen LogP contribution in [0.5, 0.6) is 0 Å². The van der Waals surface area contributed by atoms with Crippen molar-refractivity contribution >= 4 is 11.8 Å². The van der Waals surface area contributed by atoms with Crippen LogP contribution in [0.2, 0.25) is 0 Å². The number of thioether (sulfide) groups is 1. The molecule has 1 aliphatic heterocycles. The predicted molar refractivity (Wildman–Crippen MR) is 83.5 cm³/mol. The quantitative estimate of drug-likeness (QED) is 0.606. The van der Waals surface area contributed by atoms with Crippen LogP contribution in [0.4, 0.5) is 0 Å². The van der Waals surface area contributed by atoms with Gasteiger partial charge in [-0.2, -0.15) is 11.8 Å². The van der Waals surface area contributed by atoms with Gasteiger partial charge in [-0.05, 0) is 33.4 Å². The third kappa shape index (κ3) is 2.77. The number of hydrogen-bond acceptors (Lipinski definition) is 1. The second kappa shape index (κ2) is 4.59. The molecule has 1 aromatic carbocycles. The lowest BCUT2D eigenvalue weighted by Crippen LogP contribution is -2.25. The van der Waals surface area contributed by atoms with E-state index in [2.05, 4.69) is 71.5 Å².